The number of halogens is 2. The van der Waals surface area contributed by atoms with Crippen LogP contribution >= 0.6 is 23.2 Å². The second-order valence-corrected chi connectivity index (χ2v) is 9.70. The Hall–Kier alpha value is -3.07. The Bertz CT molecular complexity index is 1280. The van der Waals surface area contributed by atoms with Gasteiger partial charge in [-0.25, -0.2) is 13.8 Å². The Balaban J connectivity index is 1.89. The lowest BCUT2D eigenvalue weighted by molar-refractivity contribution is -0.119. The van der Waals surface area contributed by atoms with Crippen LogP contribution in [0.3, 0.4) is 0 Å². The molecule has 0 bridgehead atoms. The first kappa shape index (κ1) is 24.6. The molecule has 0 heterocycles. The highest BCUT2D eigenvalue weighted by molar-refractivity contribution is 7.92. The van der Waals surface area contributed by atoms with Gasteiger partial charge in [-0.15, -0.1) is 0 Å². The van der Waals surface area contributed by atoms with Crippen molar-refractivity contribution in [1.29, 1.82) is 0 Å². The number of aryl methyl sites for hydroxylation is 1. The fourth-order valence-corrected chi connectivity index (χ4v) is 4.76. The number of rotatable bonds is 8. The molecular formula is C23H21Cl2N3O4S. The lowest BCUT2D eigenvalue weighted by atomic mass is 10.2. The molecule has 0 spiro atoms. The summed E-state index contributed by atoms with van der Waals surface area (Å²) < 4.78 is 32.9. The molecule has 0 aliphatic carbocycles. The molecule has 3 aromatic rings. The summed E-state index contributed by atoms with van der Waals surface area (Å²) in [5, 5.41) is 4.62. The first-order valence-corrected chi connectivity index (χ1v) is 11.9. The number of nitrogens with zero attached hydrogens (tertiary/aromatic N) is 2. The molecule has 0 atom stereocenters. The van der Waals surface area contributed by atoms with Gasteiger partial charge in [0.2, 0.25) is 0 Å². The Labute approximate surface area is 202 Å². The van der Waals surface area contributed by atoms with Gasteiger partial charge in [0.1, 0.15) is 12.3 Å². The number of carbonyl (C=O) groups is 1. The summed E-state index contributed by atoms with van der Waals surface area (Å²) in [6, 6.07) is 17.7. The van der Waals surface area contributed by atoms with Crippen molar-refractivity contribution < 1.29 is 17.9 Å². The van der Waals surface area contributed by atoms with Crippen LogP contribution < -0.4 is 14.5 Å². The maximum atomic E-state index is 13.4. The SMILES string of the molecule is COc1ccc(N(CC(=O)N/N=C\c2cccc(Cl)c2)S(=O)(=O)c2ccc(C)cc2)cc1Cl. The Morgan fingerprint density at radius 2 is 1.82 bits per heavy atom. The molecule has 7 nitrogen and oxygen atoms in total. The molecule has 0 aliphatic heterocycles. The number of hydrazone groups is 1. The normalized spacial score (nSPS) is 11.4. The molecule has 0 unspecified atom stereocenters. The molecule has 33 heavy (non-hydrogen) atoms. The topological polar surface area (TPSA) is 88.1 Å². The standard InChI is InChI=1S/C23H21Cl2N3O4S/c1-16-6-9-20(10-7-16)33(30,31)28(19-8-11-22(32-2)21(25)13-19)15-23(29)27-26-14-17-4-3-5-18(24)12-17/h3-14H,15H2,1-2H3,(H,27,29)/b26-14-. The van der Waals surface area contributed by atoms with Gasteiger partial charge in [0.15, 0.2) is 0 Å². The fraction of sp³-hybridized carbons (Fsp3) is 0.130. The van der Waals surface area contributed by atoms with Crippen molar-refractivity contribution in [3.63, 3.8) is 0 Å². The minimum atomic E-state index is -4.08. The second-order valence-electron chi connectivity index (χ2n) is 6.99. The van der Waals surface area contributed by atoms with Gasteiger partial charge in [-0.2, -0.15) is 5.10 Å². The third-order valence-corrected chi connectivity index (χ3v) is 6.89. The third kappa shape index (κ3) is 6.25. The molecule has 172 valence electrons. The number of methoxy groups -OCH3 is 1. The average molecular weight is 506 g/mol. The van der Waals surface area contributed by atoms with E-state index < -0.39 is 22.5 Å². The molecule has 3 aromatic carbocycles. The van der Waals surface area contributed by atoms with Crippen LogP contribution in [0, 0.1) is 6.92 Å². The summed E-state index contributed by atoms with van der Waals surface area (Å²) in [6.07, 6.45) is 1.41. The van der Waals surface area contributed by atoms with Crippen molar-refractivity contribution in [2.24, 2.45) is 5.10 Å². The highest BCUT2D eigenvalue weighted by Crippen LogP contribution is 2.32. The molecule has 0 saturated heterocycles. The summed E-state index contributed by atoms with van der Waals surface area (Å²) in [4.78, 5) is 12.6. The highest BCUT2D eigenvalue weighted by atomic mass is 35.5. The zero-order valence-corrected chi connectivity index (χ0v) is 20.2. The first-order chi connectivity index (χ1) is 15.7. The molecule has 0 radical (unpaired) electrons. The van der Waals surface area contributed by atoms with Crippen molar-refractivity contribution in [2.45, 2.75) is 11.8 Å². The predicted octanol–water partition coefficient (Wildman–Crippen LogP) is 4.66. The molecule has 1 N–H and O–H groups in total. The van der Waals surface area contributed by atoms with Crippen LogP contribution in [0.1, 0.15) is 11.1 Å². The summed E-state index contributed by atoms with van der Waals surface area (Å²) in [5.74, 6) is -0.264. The van der Waals surface area contributed by atoms with Crippen LogP contribution in [-0.2, 0) is 14.8 Å². The zero-order chi connectivity index (χ0) is 24.0. The monoisotopic (exact) mass is 505 g/mol. The molecule has 10 heteroatoms. The Morgan fingerprint density at radius 3 is 2.45 bits per heavy atom. The minimum Gasteiger partial charge on any atom is -0.495 e. The number of sulfonamides is 1. The number of nitrogens with one attached hydrogen (secondary N) is 1. The van der Waals surface area contributed by atoms with E-state index in [1.165, 1.54) is 43.7 Å². The lowest BCUT2D eigenvalue weighted by Crippen LogP contribution is -2.39. The van der Waals surface area contributed by atoms with Gasteiger partial charge in [0.25, 0.3) is 15.9 Å². The first-order valence-electron chi connectivity index (χ1n) is 9.71. The van der Waals surface area contributed by atoms with E-state index in [9.17, 15) is 13.2 Å². The summed E-state index contributed by atoms with van der Waals surface area (Å²) in [5.41, 5.74) is 4.13. The molecule has 0 aliphatic rings. The molecular weight excluding hydrogens is 485 g/mol. The van der Waals surface area contributed by atoms with Gasteiger partial charge in [-0.05, 0) is 55.0 Å². The second kappa shape index (κ2) is 10.7. The van der Waals surface area contributed by atoms with E-state index in [4.69, 9.17) is 27.9 Å². The number of anilines is 1. The van der Waals surface area contributed by atoms with Gasteiger partial charge < -0.3 is 4.74 Å². The quantitative estimate of drug-likeness (QED) is 0.356. The Morgan fingerprint density at radius 1 is 1.09 bits per heavy atom. The number of carbonyl (C=O) groups excluding carboxylic acids is 1. The van der Waals surface area contributed by atoms with Crippen molar-refractivity contribution >= 4 is 51.0 Å². The van der Waals surface area contributed by atoms with Crippen molar-refractivity contribution in [2.75, 3.05) is 18.0 Å². The molecule has 0 aromatic heterocycles. The van der Waals surface area contributed by atoms with E-state index >= 15 is 0 Å². The molecule has 3 rings (SSSR count). The van der Waals surface area contributed by atoms with Crippen LogP contribution in [0.4, 0.5) is 5.69 Å². The van der Waals surface area contributed by atoms with Crippen LogP contribution in [0.15, 0.2) is 76.7 Å². The van der Waals surface area contributed by atoms with Gasteiger partial charge in [0, 0.05) is 5.02 Å². The van der Waals surface area contributed by atoms with E-state index in [0.717, 1.165) is 9.87 Å². The minimum absolute atomic E-state index is 0.0373. The summed E-state index contributed by atoms with van der Waals surface area (Å²) >= 11 is 12.1. The maximum Gasteiger partial charge on any atom is 0.264 e. The largest absolute Gasteiger partial charge is 0.495 e. The predicted molar refractivity (Wildman–Crippen MR) is 131 cm³/mol. The van der Waals surface area contributed by atoms with E-state index in [2.05, 4.69) is 10.5 Å². The van der Waals surface area contributed by atoms with Crippen LogP contribution in [-0.4, -0.2) is 34.2 Å². The van der Waals surface area contributed by atoms with Crippen molar-refractivity contribution in [3.8, 4) is 5.75 Å². The number of hydrogen-bond acceptors (Lipinski definition) is 5. The molecule has 0 saturated carbocycles. The van der Waals surface area contributed by atoms with Gasteiger partial charge in [0.05, 0.1) is 28.9 Å². The number of ether oxygens (including phenoxy) is 1. The van der Waals surface area contributed by atoms with Crippen molar-refractivity contribution in [1.82, 2.24) is 5.43 Å². The zero-order valence-electron chi connectivity index (χ0n) is 17.8. The van der Waals surface area contributed by atoms with Gasteiger partial charge >= 0.3 is 0 Å². The van der Waals surface area contributed by atoms with Crippen molar-refractivity contribution in [3.05, 3.63) is 87.9 Å². The fourth-order valence-electron chi connectivity index (χ4n) is 2.89. The summed E-state index contributed by atoms with van der Waals surface area (Å²) in [6.45, 7) is 1.33. The Kier molecular flexibility index (Phi) is 7.97. The average Bonchev–Trinajstić information content (AvgIpc) is 2.77. The molecule has 1 amide bonds. The van der Waals surface area contributed by atoms with E-state index in [-0.39, 0.29) is 15.6 Å². The number of amides is 1. The smallest absolute Gasteiger partial charge is 0.264 e. The lowest BCUT2D eigenvalue weighted by Gasteiger charge is -2.24. The number of hydrogen-bond donors (Lipinski definition) is 1. The van der Waals surface area contributed by atoms with E-state index in [1.54, 1.807) is 36.4 Å². The molecule has 0 fully saturated rings. The van der Waals surface area contributed by atoms with E-state index in [1.807, 2.05) is 6.92 Å². The van der Waals surface area contributed by atoms with Gasteiger partial charge in [-0.1, -0.05) is 53.0 Å². The third-order valence-electron chi connectivity index (χ3n) is 4.57. The van der Waals surface area contributed by atoms with Crippen LogP contribution in [0.25, 0.3) is 0 Å². The highest BCUT2D eigenvalue weighted by Gasteiger charge is 2.27. The number of benzene rings is 3. The van der Waals surface area contributed by atoms with E-state index in [0.29, 0.717) is 16.3 Å². The van der Waals surface area contributed by atoms with Crippen LogP contribution in [0.5, 0.6) is 5.75 Å². The maximum absolute atomic E-state index is 13.4. The van der Waals surface area contributed by atoms with Gasteiger partial charge in [-0.3, -0.25) is 9.10 Å². The van der Waals surface area contributed by atoms with Crippen LogP contribution in [0.2, 0.25) is 10.0 Å². The summed E-state index contributed by atoms with van der Waals surface area (Å²) in [7, 11) is -2.63.